The van der Waals surface area contributed by atoms with Gasteiger partial charge in [-0.05, 0) is 42.8 Å². The van der Waals surface area contributed by atoms with Gasteiger partial charge in [0.25, 0.3) is 11.8 Å². The first-order valence-electron chi connectivity index (χ1n) is 9.96. The Bertz CT molecular complexity index is 1070. The molecular formula is C22H25N5O3. The number of ether oxygens (including phenoxy) is 1. The van der Waals surface area contributed by atoms with Crippen molar-refractivity contribution in [3.05, 3.63) is 59.4 Å². The Labute approximate surface area is 174 Å². The lowest BCUT2D eigenvalue weighted by atomic mass is 10.1. The molecule has 1 aliphatic heterocycles. The lowest BCUT2D eigenvalue weighted by Crippen LogP contribution is -2.48. The molecule has 2 aromatic carbocycles. The van der Waals surface area contributed by atoms with Gasteiger partial charge in [0.1, 0.15) is 11.6 Å². The summed E-state index contributed by atoms with van der Waals surface area (Å²) in [6.07, 6.45) is 0. The molecule has 1 fully saturated rings. The van der Waals surface area contributed by atoms with Crippen LogP contribution in [0.5, 0.6) is 5.75 Å². The van der Waals surface area contributed by atoms with E-state index in [1.165, 1.54) is 0 Å². The van der Waals surface area contributed by atoms with Gasteiger partial charge in [0, 0.05) is 38.3 Å². The van der Waals surface area contributed by atoms with Crippen molar-refractivity contribution in [3.8, 4) is 5.75 Å². The van der Waals surface area contributed by atoms with Gasteiger partial charge < -0.3 is 20.4 Å². The maximum atomic E-state index is 12.9. The predicted octanol–water partition coefficient (Wildman–Crippen LogP) is 1.69. The number of benzene rings is 2. The zero-order valence-corrected chi connectivity index (χ0v) is 16.9. The number of carbonyl (C=O) groups excluding carboxylic acids is 2. The molecule has 0 saturated carbocycles. The Morgan fingerprint density at radius 2 is 1.93 bits per heavy atom. The lowest BCUT2D eigenvalue weighted by Gasteiger charge is -2.34. The van der Waals surface area contributed by atoms with Crippen LogP contribution >= 0.6 is 0 Å². The highest BCUT2D eigenvalue weighted by molar-refractivity contribution is 5.97. The fraction of sp³-hybridized carbons (Fsp3) is 0.318. The fourth-order valence-electron chi connectivity index (χ4n) is 3.71. The minimum atomic E-state index is -0.497. The summed E-state index contributed by atoms with van der Waals surface area (Å²) in [6, 6.07) is 13.3. The van der Waals surface area contributed by atoms with E-state index in [4.69, 9.17) is 10.5 Å². The number of piperazine rings is 1. The van der Waals surface area contributed by atoms with Crippen molar-refractivity contribution >= 4 is 22.8 Å². The molecule has 2 amide bonds. The number of aromatic amines is 1. The molecule has 0 spiro atoms. The average molecular weight is 407 g/mol. The van der Waals surface area contributed by atoms with E-state index in [1.54, 1.807) is 6.07 Å². The van der Waals surface area contributed by atoms with Gasteiger partial charge in [0.2, 0.25) is 0 Å². The van der Waals surface area contributed by atoms with Crippen molar-refractivity contribution in [1.82, 2.24) is 19.8 Å². The van der Waals surface area contributed by atoms with Crippen LogP contribution in [-0.2, 0) is 11.3 Å². The van der Waals surface area contributed by atoms with Crippen molar-refractivity contribution in [2.75, 3.05) is 32.8 Å². The summed E-state index contributed by atoms with van der Waals surface area (Å²) in [5.41, 5.74) is 8.66. The highest BCUT2D eigenvalue weighted by atomic mass is 16.5. The third-order valence-electron chi connectivity index (χ3n) is 5.19. The summed E-state index contributed by atoms with van der Waals surface area (Å²) in [4.78, 5) is 35.6. The van der Waals surface area contributed by atoms with Crippen LogP contribution in [0.4, 0.5) is 0 Å². The second kappa shape index (κ2) is 8.54. The number of aromatic nitrogens is 2. The summed E-state index contributed by atoms with van der Waals surface area (Å²) in [6.45, 7) is 5.48. The Morgan fingerprint density at radius 3 is 2.70 bits per heavy atom. The molecule has 156 valence electrons. The van der Waals surface area contributed by atoms with Crippen LogP contribution in [0, 0.1) is 6.92 Å². The smallest absolute Gasteiger partial charge is 0.255 e. The second-order valence-electron chi connectivity index (χ2n) is 7.52. The van der Waals surface area contributed by atoms with E-state index >= 15 is 0 Å². The number of aryl methyl sites for hydroxylation is 1. The quantitative estimate of drug-likeness (QED) is 0.647. The maximum Gasteiger partial charge on any atom is 0.255 e. The number of H-pyrrole nitrogens is 1. The van der Waals surface area contributed by atoms with Crippen LogP contribution in [-0.4, -0.2) is 64.4 Å². The number of nitrogens with one attached hydrogen (secondary N) is 1. The Kier molecular flexibility index (Phi) is 5.67. The summed E-state index contributed by atoms with van der Waals surface area (Å²) in [5.74, 6) is 1.02. The van der Waals surface area contributed by atoms with Crippen molar-refractivity contribution < 1.29 is 14.3 Å². The fourth-order valence-corrected chi connectivity index (χ4v) is 3.71. The molecule has 2 heterocycles. The Morgan fingerprint density at radius 1 is 1.13 bits per heavy atom. The third kappa shape index (κ3) is 4.60. The molecule has 1 aromatic heterocycles. The molecule has 0 atom stereocenters. The number of nitrogens with zero attached hydrogens (tertiary/aromatic N) is 3. The van der Waals surface area contributed by atoms with E-state index in [0.29, 0.717) is 24.4 Å². The van der Waals surface area contributed by atoms with Gasteiger partial charge in [-0.15, -0.1) is 0 Å². The molecule has 30 heavy (non-hydrogen) atoms. The number of amides is 2. The second-order valence-corrected chi connectivity index (χ2v) is 7.52. The number of nitrogens with two attached hydrogens (primary N) is 1. The number of imidazole rings is 1. The van der Waals surface area contributed by atoms with Gasteiger partial charge in [0.15, 0.2) is 6.61 Å². The van der Waals surface area contributed by atoms with Crippen molar-refractivity contribution in [2.24, 2.45) is 5.73 Å². The average Bonchev–Trinajstić information content (AvgIpc) is 3.12. The first-order valence-corrected chi connectivity index (χ1v) is 9.96. The minimum Gasteiger partial charge on any atom is -0.484 e. The summed E-state index contributed by atoms with van der Waals surface area (Å²) >= 11 is 0. The molecule has 1 saturated heterocycles. The molecule has 0 aliphatic carbocycles. The zero-order chi connectivity index (χ0) is 21.1. The minimum absolute atomic E-state index is 0.0469. The number of primary amides is 1. The summed E-state index contributed by atoms with van der Waals surface area (Å²) < 4.78 is 5.37. The van der Waals surface area contributed by atoms with Crippen LogP contribution in [0.2, 0.25) is 0 Å². The standard InChI is InChI=1S/C22H25N5O3/c1-15-24-19-6-5-17(12-20(19)25-15)22(29)27-9-7-26(8-10-27)13-16-3-2-4-18(11-16)30-14-21(23)28/h2-6,11-12H,7-10,13-14H2,1H3,(H2,23,28)(H,24,25). The Balaban J connectivity index is 1.33. The molecule has 0 unspecified atom stereocenters. The number of rotatable bonds is 6. The van der Waals surface area contributed by atoms with Crippen LogP contribution in [0.3, 0.4) is 0 Å². The van der Waals surface area contributed by atoms with Crippen LogP contribution in [0.1, 0.15) is 21.7 Å². The van der Waals surface area contributed by atoms with Crippen molar-refractivity contribution in [1.29, 1.82) is 0 Å². The van der Waals surface area contributed by atoms with Gasteiger partial charge in [-0.25, -0.2) is 4.98 Å². The molecule has 0 radical (unpaired) electrons. The van der Waals surface area contributed by atoms with Gasteiger partial charge >= 0.3 is 0 Å². The largest absolute Gasteiger partial charge is 0.484 e. The van der Waals surface area contributed by atoms with Gasteiger partial charge in [-0.1, -0.05) is 12.1 Å². The third-order valence-corrected chi connectivity index (χ3v) is 5.19. The Hall–Kier alpha value is -3.39. The van der Waals surface area contributed by atoms with E-state index < -0.39 is 5.91 Å². The molecule has 0 bridgehead atoms. The number of fused-ring (bicyclic) bond motifs is 1. The summed E-state index contributed by atoms with van der Waals surface area (Å²) in [5, 5.41) is 0. The molecule has 1 aliphatic rings. The lowest BCUT2D eigenvalue weighted by molar-refractivity contribution is -0.119. The highest BCUT2D eigenvalue weighted by Gasteiger charge is 2.22. The molecule has 3 N–H and O–H groups in total. The molecule has 3 aromatic rings. The van der Waals surface area contributed by atoms with E-state index in [2.05, 4.69) is 14.9 Å². The predicted molar refractivity (Wildman–Crippen MR) is 113 cm³/mol. The number of hydrogen-bond donors (Lipinski definition) is 2. The summed E-state index contributed by atoms with van der Waals surface area (Å²) in [7, 11) is 0. The molecule has 8 heteroatoms. The van der Waals surface area contributed by atoms with Crippen molar-refractivity contribution in [2.45, 2.75) is 13.5 Å². The maximum absolute atomic E-state index is 12.9. The van der Waals surface area contributed by atoms with E-state index in [1.807, 2.05) is 48.2 Å². The number of carbonyl (C=O) groups is 2. The van der Waals surface area contributed by atoms with Gasteiger partial charge in [-0.2, -0.15) is 0 Å². The molecule has 8 nitrogen and oxygen atoms in total. The van der Waals surface area contributed by atoms with E-state index in [0.717, 1.165) is 42.1 Å². The normalized spacial score (nSPS) is 14.8. The first-order chi connectivity index (χ1) is 14.5. The molecular weight excluding hydrogens is 382 g/mol. The zero-order valence-electron chi connectivity index (χ0n) is 16.9. The van der Waals surface area contributed by atoms with Crippen LogP contribution in [0.15, 0.2) is 42.5 Å². The molecule has 4 rings (SSSR count). The van der Waals surface area contributed by atoms with Gasteiger partial charge in [0.05, 0.1) is 11.0 Å². The van der Waals surface area contributed by atoms with Crippen LogP contribution in [0.25, 0.3) is 11.0 Å². The van der Waals surface area contributed by atoms with Crippen LogP contribution < -0.4 is 10.5 Å². The topological polar surface area (TPSA) is 105 Å². The van der Waals surface area contributed by atoms with Gasteiger partial charge in [-0.3, -0.25) is 14.5 Å². The van der Waals surface area contributed by atoms with E-state index in [-0.39, 0.29) is 12.5 Å². The highest BCUT2D eigenvalue weighted by Crippen LogP contribution is 2.18. The monoisotopic (exact) mass is 407 g/mol. The van der Waals surface area contributed by atoms with Crippen molar-refractivity contribution in [3.63, 3.8) is 0 Å². The SMILES string of the molecule is Cc1nc2ccc(C(=O)N3CCN(Cc4cccc(OCC(N)=O)c4)CC3)cc2[nH]1. The van der Waals surface area contributed by atoms with E-state index in [9.17, 15) is 9.59 Å². The first kappa shape index (κ1) is 19.9. The number of hydrogen-bond acceptors (Lipinski definition) is 5.